The summed E-state index contributed by atoms with van der Waals surface area (Å²) >= 11 is 1.53. The van der Waals surface area contributed by atoms with Gasteiger partial charge in [0, 0.05) is 23.9 Å². The number of hydrogen-bond donors (Lipinski definition) is 1. The molecule has 3 aliphatic rings. The van der Waals surface area contributed by atoms with Crippen molar-refractivity contribution in [3.05, 3.63) is 34.0 Å². The predicted molar refractivity (Wildman–Crippen MR) is 93.7 cm³/mol. The van der Waals surface area contributed by atoms with Crippen LogP contribution in [0.1, 0.15) is 24.3 Å². The van der Waals surface area contributed by atoms with Gasteiger partial charge in [0.15, 0.2) is 5.41 Å². The summed E-state index contributed by atoms with van der Waals surface area (Å²) in [5, 5.41) is 42.2. The van der Waals surface area contributed by atoms with Crippen molar-refractivity contribution in [2.45, 2.75) is 30.8 Å². The molecule has 5 nitrogen and oxygen atoms in total. The zero-order chi connectivity index (χ0) is 17.8. The van der Waals surface area contributed by atoms with E-state index in [1.807, 2.05) is 16.8 Å². The number of nitrogens with one attached hydrogen (secondary N) is 1. The maximum atomic E-state index is 9.97. The Morgan fingerprint density at radius 1 is 1.28 bits per heavy atom. The summed E-state index contributed by atoms with van der Waals surface area (Å²) in [6.45, 7) is 0. The highest BCUT2D eigenvalue weighted by atomic mass is 32.1. The molecule has 1 unspecified atom stereocenters. The number of nitrogens with zero attached hydrogens (tertiary/aromatic N) is 4. The zero-order valence-electron chi connectivity index (χ0n) is 13.8. The summed E-state index contributed by atoms with van der Waals surface area (Å²) in [4.78, 5) is 2.32. The monoisotopic (exact) mass is 347 g/mol. The van der Waals surface area contributed by atoms with Gasteiger partial charge in [0.25, 0.3) is 0 Å². The topological polar surface area (TPSA) is 98.5 Å². The molecule has 1 N–H and O–H groups in total. The highest BCUT2D eigenvalue weighted by molar-refractivity contribution is 7.08. The lowest BCUT2D eigenvalue weighted by atomic mass is 9.53. The number of rotatable bonds is 1. The lowest BCUT2D eigenvalue weighted by Crippen LogP contribution is -2.55. The van der Waals surface area contributed by atoms with Gasteiger partial charge in [-0.05, 0) is 47.9 Å². The Labute approximate surface area is 150 Å². The van der Waals surface area contributed by atoms with Gasteiger partial charge in [-0.1, -0.05) is 6.08 Å². The molecule has 1 aromatic rings. The molecule has 0 radical (unpaired) electrons. The highest BCUT2D eigenvalue weighted by Crippen LogP contribution is 2.57. The number of fused-ring (bicyclic) bond motifs is 4. The molecule has 4 rings (SSSR count). The molecule has 1 aromatic heterocycles. The van der Waals surface area contributed by atoms with E-state index in [1.165, 1.54) is 11.3 Å². The molecule has 5 atom stereocenters. The van der Waals surface area contributed by atoms with Crippen LogP contribution in [0.3, 0.4) is 0 Å². The second kappa shape index (κ2) is 5.53. The minimum absolute atomic E-state index is 0.0531. The molecule has 0 aromatic carbocycles. The van der Waals surface area contributed by atoms with Crippen molar-refractivity contribution < 1.29 is 0 Å². The zero-order valence-corrected chi connectivity index (χ0v) is 14.6. The summed E-state index contributed by atoms with van der Waals surface area (Å²) in [7, 11) is 2.09. The minimum Gasteiger partial charge on any atom is -0.305 e. The van der Waals surface area contributed by atoms with Gasteiger partial charge in [-0.3, -0.25) is 4.90 Å². The number of thiophene rings is 1. The van der Waals surface area contributed by atoms with Crippen molar-refractivity contribution in [1.82, 2.24) is 4.90 Å². The van der Waals surface area contributed by atoms with Crippen LogP contribution < -0.4 is 0 Å². The first-order chi connectivity index (χ1) is 12.1. The molecule has 2 aliphatic heterocycles. The molecular weight excluding hydrogens is 330 g/mol. The van der Waals surface area contributed by atoms with Crippen molar-refractivity contribution in [2.75, 3.05) is 7.05 Å². The van der Waals surface area contributed by atoms with Crippen LogP contribution >= 0.6 is 11.3 Å². The van der Waals surface area contributed by atoms with Crippen LogP contribution in [0.5, 0.6) is 0 Å². The second-order valence-corrected chi connectivity index (χ2v) is 7.89. The quantitative estimate of drug-likeness (QED) is 0.789. The van der Waals surface area contributed by atoms with E-state index in [0.29, 0.717) is 6.04 Å². The Balaban J connectivity index is 1.99. The number of nitriles is 3. The third-order valence-electron chi connectivity index (χ3n) is 6.25. The molecule has 1 saturated heterocycles. The fraction of sp³-hybridized carbons (Fsp3) is 0.474. The van der Waals surface area contributed by atoms with Crippen LogP contribution in [0.4, 0.5) is 0 Å². The van der Waals surface area contributed by atoms with E-state index < -0.39 is 17.3 Å². The highest BCUT2D eigenvalue weighted by Gasteiger charge is 2.61. The molecule has 25 heavy (non-hydrogen) atoms. The normalized spacial score (nSPS) is 35.8. The van der Waals surface area contributed by atoms with Crippen LogP contribution in [0.15, 0.2) is 28.5 Å². The molecule has 2 bridgehead atoms. The van der Waals surface area contributed by atoms with Crippen LogP contribution in [-0.4, -0.2) is 29.7 Å². The lowest BCUT2D eigenvalue weighted by Gasteiger charge is -2.50. The maximum absolute atomic E-state index is 9.97. The first-order valence-corrected chi connectivity index (χ1v) is 9.30. The van der Waals surface area contributed by atoms with Crippen molar-refractivity contribution in [3.63, 3.8) is 0 Å². The molecule has 3 heterocycles. The van der Waals surface area contributed by atoms with Gasteiger partial charge in [-0.25, -0.2) is 0 Å². The summed E-state index contributed by atoms with van der Waals surface area (Å²) in [5.41, 5.74) is 0.252. The molecule has 2 fully saturated rings. The van der Waals surface area contributed by atoms with Gasteiger partial charge in [-0.15, -0.1) is 0 Å². The number of hydrogen-bond acceptors (Lipinski definition) is 6. The second-order valence-electron chi connectivity index (χ2n) is 7.11. The Hall–Kier alpha value is -2.46. The summed E-state index contributed by atoms with van der Waals surface area (Å²) in [6, 6.07) is 8.97. The van der Waals surface area contributed by atoms with E-state index in [9.17, 15) is 15.8 Å². The van der Waals surface area contributed by atoms with Gasteiger partial charge in [0.05, 0.1) is 23.9 Å². The largest absolute Gasteiger partial charge is 0.305 e. The molecule has 6 heteroatoms. The van der Waals surface area contributed by atoms with Crippen LogP contribution in [-0.2, 0) is 0 Å². The van der Waals surface area contributed by atoms with Crippen molar-refractivity contribution in [3.8, 4) is 18.2 Å². The van der Waals surface area contributed by atoms with E-state index in [0.717, 1.165) is 24.0 Å². The van der Waals surface area contributed by atoms with Crippen LogP contribution in [0, 0.1) is 56.7 Å². The van der Waals surface area contributed by atoms with E-state index in [2.05, 4.69) is 36.2 Å². The fourth-order valence-corrected chi connectivity index (χ4v) is 5.75. The predicted octanol–water partition coefficient (Wildman–Crippen LogP) is 3.06. The Morgan fingerprint density at radius 3 is 2.64 bits per heavy atom. The van der Waals surface area contributed by atoms with E-state index in [1.54, 1.807) is 0 Å². The Kier molecular flexibility index (Phi) is 3.55. The molecule has 124 valence electrons. The van der Waals surface area contributed by atoms with Gasteiger partial charge in [0.2, 0.25) is 0 Å². The standard InChI is InChI=1S/C19H17N5S/c1-24-12-2-3-15(24)16-13(6-12)14(7-20)18(23)19(9-21,10-22)17(16)11-4-5-25-8-11/h4-6,8,12,14-17,23H,2-3H2,1H3/t12-,14?,15+,16-,17+/m1/s1. The van der Waals surface area contributed by atoms with Crippen LogP contribution in [0.2, 0.25) is 0 Å². The first kappa shape index (κ1) is 16.0. The molecule has 0 amide bonds. The minimum atomic E-state index is -1.58. The summed E-state index contributed by atoms with van der Waals surface area (Å²) in [6.07, 6.45) is 4.15. The van der Waals surface area contributed by atoms with Crippen molar-refractivity contribution in [2.24, 2.45) is 17.3 Å². The molecule has 1 saturated carbocycles. The first-order valence-electron chi connectivity index (χ1n) is 8.35. The van der Waals surface area contributed by atoms with E-state index >= 15 is 0 Å². The smallest absolute Gasteiger partial charge is 0.189 e. The Bertz CT molecular complexity index is 864. The van der Waals surface area contributed by atoms with Crippen molar-refractivity contribution in [1.29, 1.82) is 21.2 Å². The number of likely N-dealkylation sites (N-methyl/N-ethyl adjacent to an activating group) is 1. The summed E-state index contributed by atoms with van der Waals surface area (Å²) < 4.78 is 0. The molecular formula is C19H17N5S. The van der Waals surface area contributed by atoms with E-state index in [4.69, 9.17) is 5.41 Å². The third-order valence-corrected chi connectivity index (χ3v) is 6.95. The van der Waals surface area contributed by atoms with Crippen LogP contribution in [0.25, 0.3) is 0 Å². The van der Waals surface area contributed by atoms with Gasteiger partial charge in [-0.2, -0.15) is 27.1 Å². The van der Waals surface area contributed by atoms with Gasteiger partial charge in [0.1, 0.15) is 5.92 Å². The maximum Gasteiger partial charge on any atom is 0.189 e. The van der Waals surface area contributed by atoms with Gasteiger partial charge >= 0.3 is 0 Å². The summed E-state index contributed by atoms with van der Waals surface area (Å²) in [5.74, 6) is -1.24. The Morgan fingerprint density at radius 2 is 2.04 bits per heavy atom. The third kappa shape index (κ3) is 1.91. The average molecular weight is 347 g/mol. The molecule has 0 spiro atoms. The van der Waals surface area contributed by atoms with Gasteiger partial charge < -0.3 is 5.41 Å². The fourth-order valence-electron chi connectivity index (χ4n) is 5.05. The van der Waals surface area contributed by atoms with Crippen molar-refractivity contribution >= 4 is 17.0 Å². The lowest BCUT2D eigenvalue weighted by molar-refractivity contribution is 0.157. The SMILES string of the molecule is CN1[C@H]2C=C3C(C#N)C(=N)C(C#N)(C#N)[C@@H](c4ccsc4)[C@H]3[C@@H]1CC2. The van der Waals surface area contributed by atoms with E-state index in [-0.39, 0.29) is 17.7 Å². The average Bonchev–Trinajstić information content (AvgIpc) is 3.21. The molecule has 1 aliphatic carbocycles.